The van der Waals surface area contributed by atoms with E-state index in [0.717, 1.165) is 12.3 Å². The van der Waals surface area contributed by atoms with Gasteiger partial charge in [-0.1, -0.05) is 0 Å². The lowest BCUT2D eigenvalue weighted by Crippen LogP contribution is -2.08. The van der Waals surface area contributed by atoms with Gasteiger partial charge in [-0.25, -0.2) is 23.1 Å². The molecule has 0 aliphatic rings. The van der Waals surface area contributed by atoms with Crippen LogP contribution >= 0.6 is 0 Å². The molecule has 1 aromatic rings. The Morgan fingerprint density at radius 2 is 2.00 bits per heavy atom. The fourth-order valence-corrected chi connectivity index (χ4v) is 1.86. The van der Waals surface area contributed by atoms with Gasteiger partial charge in [0, 0.05) is 12.7 Å². The van der Waals surface area contributed by atoms with Crippen molar-refractivity contribution in [3.63, 3.8) is 0 Å². The summed E-state index contributed by atoms with van der Waals surface area (Å²) in [5.41, 5.74) is -0.0779. The summed E-state index contributed by atoms with van der Waals surface area (Å²) in [6, 6.07) is 1.73. The maximum Gasteiger partial charge on any atom is 0.175 e. The van der Waals surface area contributed by atoms with Crippen LogP contribution in [-0.4, -0.2) is 21.3 Å². The Morgan fingerprint density at radius 1 is 1.38 bits per heavy atom. The molecule has 0 atom stereocenters. The topological polar surface area (TPSA) is 69.4 Å². The molecule has 0 aliphatic carbocycles. The van der Waals surface area contributed by atoms with Crippen molar-refractivity contribution < 1.29 is 22.0 Å². The van der Waals surface area contributed by atoms with Crippen molar-refractivity contribution in [1.29, 1.82) is 0 Å². The Hall–Kier alpha value is -1.05. The van der Waals surface area contributed by atoms with Crippen molar-refractivity contribution >= 4 is 9.84 Å². The van der Waals surface area contributed by atoms with Gasteiger partial charge in [-0.3, -0.25) is 0 Å². The third kappa shape index (κ3) is 2.97. The zero-order chi connectivity index (χ0) is 12.3. The van der Waals surface area contributed by atoms with E-state index in [2.05, 4.69) is 4.84 Å². The van der Waals surface area contributed by atoms with Crippen LogP contribution in [0, 0.1) is 11.6 Å². The molecular weight excluding hydrogens is 240 g/mol. The van der Waals surface area contributed by atoms with Gasteiger partial charge in [0.1, 0.15) is 0 Å². The lowest BCUT2D eigenvalue weighted by molar-refractivity contribution is 0.140. The molecule has 0 bridgehead atoms. The normalized spacial score (nSPS) is 11.8. The van der Waals surface area contributed by atoms with Crippen LogP contribution in [0.25, 0.3) is 0 Å². The Kier molecular flexibility index (Phi) is 3.95. The van der Waals surface area contributed by atoms with Crippen molar-refractivity contribution in [1.82, 2.24) is 0 Å². The van der Waals surface area contributed by atoms with Crippen molar-refractivity contribution in [3.05, 3.63) is 29.3 Å². The smallest absolute Gasteiger partial charge is 0.175 e. The number of halogens is 2. The molecule has 0 saturated carbocycles. The Balaban J connectivity index is 3.22. The van der Waals surface area contributed by atoms with Gasteiger partial charge >= 0.3 is 0 Å². The molecule has 0 heterocycles. The van der Waals surface area contributed by atoms with Gasteiger partial charge in [0.2, 0.25) is 0 Å². The first kappa shape index (κ1) is 13.0. The fourth-order valence-electron chi connectivity index (χ4n) is 1.18. The summed E-state index contributed by atoms with van der Waals surface area (Å²) in [4.78, 5) is 3.96. The first-order valence-electron chi connectivity index (χ1n) is 4.36. The fraction of sp³-hybridized carbons (Fsp3) is 0.333. The molecule has 90 valence electrons. The highest BCUT2D eigenvalue weighted by Crippen LogP contribution is 2.19. The first-order valence-corrected chi connectivity index (χ1v) is 6.25. The molecule has 0 saturated heterocycles. The van der Waals surface area contributed by atoms with Gasteiger partial charge in [0.15, 0.2) is 21.5 Å². The summed E-state index contributed by atoms with van der Waals surface area (Å²) in [7, 11) is -3.57. The van der Waals surface area contributed by atoms with Gasteiger partial charge in [-0.2, -0.15) is 0 Å². The van der Waals surface area contributed by atoms with E-state index in [0.29, 0.717) is 6.07 Å². The van der Waals surface area contributed by atoms with E-state index in [1.54, 1.807) is 0 Å². The molecule has 4 nitrogen and oxygen atoms in total. The van der Waals surface area contributed by atoms with Gasteiger partial charge in [0.25, 0.3) is 0 Å². The number of benzene rings is 1. The van der Waals surface area contributed by atoms with Gasteiger partial charge in [0.05, 0.1) is 11.5 Å². The molecule has 0 amide bonds. The van der Waals surface area contributed by atoms with Crippen LogP contribution in [0.2, 0.25) is 0 Å². The van der Waals surface area contributed by atoms with E-state index in [-0.39, 0.29) is 23.5 Å². The SMILES string of the molecule is CS(=O)(=O)c1cc(F)c(F)c(CCON)c1. The molecule has 0 fully saturated rings. The third-order valence-electron chi connectivity index (χ3n) is 1.99. The van der Waals surface area contributed by atoms with Gasteiger partial charge in [-0.05, 0) is 17.7 Å². The van der Waals surface area contributed by atoms with Crippen LogP contribution in [0.5, 0.6) is 0 Å². The summed E-state index contributed by atoms with van der Waals surface area (Å²) in [6.07, 6.45) is 0.922. The van der Waals surface area contributed by atoms with E-state index >= 15 is 0 Å². The van der Waals surface area contributed by atoms with Gasteiger partial charge < -0.3 is 4.84 Å². The largest absolute Gasteiger partial charge is 0.304 e. The minimum Gasteiger partial charge on any atom is -0.304 e. The average molecular weight is 251 g/mol. The van der Waals surface area contributed by atoms with E-state index in [9.17, 15) is 17.2 Å². The summed E-state index contributed by atoms with van der Waals surface area (Å²) >= 11 is 0. The van der Waals surface area contributed by atoms with E-state index < -0.39 is 21.5 Å². The lowest BCUT2D eigenvalue weighted by atomic mass is 10.1. The number of rotatable bonds is 4. The second-order valence-corrected chi connectivity index (χ2v) is 5.29. The summed E-state index contributed by atoms with van der Waals surface area (Å²) in [6.45, 7) is -0.0242. The molecule has 7 heteroatoms. The summed E-state index contributed by atoms with van der Waals surface area (Å²) in [5.74, 6) is 2.48. The summed E-state index contributed by atoms with van der Waals surface area (Å²) < 4.78 is 48.7. The predicted molar refractivity (Wildman–Crippen MR) is 53.3 cm³/mol. The zero-order valence-corrected chi connectivity index (χ0v) is 9.35. The second-order valence-electron chi connectivity index (χ2n) is 3.27. The molecule has 0 radical (unpaired) electrons. The predicted octanol–water partition coefficient (Wildman–Crippen LogP) is 0.801. The van der Waals surface area contributed by atoms with E-state index in [4.69, 9.17) is 5.90 Å². The molecule has 0 spiro atoms. The van der Waals surface area contributed by atoms with Crippen molar-refractivity contribution in [3.8, 4) is 0 Å². The lowest BCUT2D eigenvalue weighted by Gasteiger charge is -2.06. The van der Waals surface area contributed by atoms with Crippen molar-refractivity contribution in [2.45, 2.75) is 11.3 Å². The molecule has 2 N–H and O–H groups in total. The maximum absolute atomic E-state index is 13.2. The number of hydrogen-bond acceptors (Lipinski definition) is 4. The quantitative estimate of drug-likeness (QED) is 0.635. The Bertz CT molecular complexity index is 488. The van der Waals surface area contributed by atoms with Crippen LogP contribution in [0.1, 0.15) is 5.56 Å². The summed E-state index contributed by atoms with van der Waals surface area (Å²) in [5, 5.41) is 0. The average Bonchev–Trinajstić information content (AvgIpc) is 2.18. The van der Waals surface area contributed by atoms with Crippen LogP contribution in [0.3, 0.4) is 0 Å². The molecule has 0 unspecified atom stereocenters. The van der Waals surface area contributed by atoms with Crippen LogP contribution in [0.15, 0.2) is 17.0 Å². The van der Waals surface area contributed by atoms with Gasteiger partial charge in [-0.15, -0.1) is 0 Å². The standard InChI is InChI=1S/C9H11F2NO3S/c1-16(13,14)7-4-6(2-3-15-12)9(11)8(10)5-7/h4-5H,2-3,12H2,1H3. The highest BCUT2D eigenvalue weighted by molar-refractivity contribution is 7.90. The number of sulfone groups is 1. The van der Waals surface area contributed by atoms with Crippen LogP contribution < -0.4 is 5.90 Å². The number of hydrogen-bond donors (Lipinski definition) is 1. The van der Waals surface area contributed by atoms with E-state index in [1.165, 1.54) is 0 Å². The first-order chi connectivity index (χ1) is 7.36. The van der Waals surface area contributed by atoms with Crippen molar-refractivity contribution in [2.24, 2.45) is 5.90 Å². The van der Waals surface area contributed by atoms with Crippen LogP contribution in [0.4, 0.5) is 8.78 Å². The van der Waals surface area contributed by atoms with Crippen molar-refractivity contribution in [2.75, 3.05) is 12.9 Å². The highest BCUT2D eigenvalue weighted by atomic mass is 32.2. The number of nitrogens with two attached hydrogens (primary N) is 1. The Labute approximate surface area is 91.9 Å². The molecule has 1 aromatic carbocycles. The Morgan fingerprint density at radius 3 is 2.50 bits per heavy atom. The highest BCUT2D eigenvalue weighted by Gasteiger charge is 2.15. The maximum atomic E-state index is 13.2. The molecule has 16 heavy (non-hydrogen) atoms. The van der Waals surface area contributed by atoms with Crippen LogP contribution in [-0.2, 0) is 21.1 Å². The second kappa shape index (κ2) is 4.86. The van der Waals surface area contributed by atoms with E-state index in [1.807, 2.05) is 0 Å². The third-order valence-corrected chi connectivity index (χ3v) is 3.09. The molecule has 1 rings (SSSR count). The molecule has 0 aromatic heterocycles. The minimum atomic E-state index is -3.57. The molecular formula is C9H11F2NO3S. The monoisotopic (exact) mass is 251 g/mol. The molecule has 0 aliphatic heterocycles. The zero-order valence-electron chi connectivity index (χ0n) is 8.54. The minimum absolute atomic E-state index is 0.00259.